The highest BCUT2D eigenvalue weighted by Crippen LogP contribution is 2.27. The Kier molecular flexibility index (Phi) is 10.7. The van der Waals surface area contributed by atoms with Crippen molar-refractivity contribution in [3.63, 3.8) is 0 Å². The summed E-state index contributed by atoms with van der Waals surface area (Å²) in [7, 11) is 0. The molecule has 0 atom stereocenters. The van der Waals surface area contributed by atoms with Gasteiger partial charge in [0.15, 0.2) is 23.0 Å². The molecule has 2 aromatic carbocycles. The van der Waals surface area contributed by atoms with Crippen molar-refractivity contribution in [1.82, 2.24) is 0 Å². The molecule has 12 heteroatoms. The first-order chi connectivity index (χ1) is 15.7. The Morgan fingerprint density at radius 3 is 0.938 bits per heavy atom. The minimum atomic E-state index is -1.94. The van der Waals surface area contributed by atoms with Gasteiger partial charge in [-0.25, -0.2) is 0 Å². The fourth-order valence-electron chi connectivity index (χ4n) is 2.46. The third kappa shape index (κ3) is 8.73. The molecule has 0 N–H and O–H groups in total. The van der Waals surface area contributed by atoms with Crippen molar-refractivity contribution in [2.45, 2.75) is 0 Å². The molecule has 176 valence electrons. The molecule has 0 saturated heterocycles. The second kappa shape index (κ2) is 14.0. The highest BCUT2D eigenvalue weighted by atomic mass is 32.2. The summed E-state index contributed by atoms with van der Waals surface area (Å²) < 4.78 is 66.4. The van der Waals surface area contributed by atoms with E-state index in [0.29, 0.717) is 23.0 Å². The molecule has 0 unspecified atom stereocenters. The van der Waals surface area contributed by atoms with E-state index in [4.69, 9.17) is 35.7 Å². The van der Waals surface area contributed by atoms with Crippen LogP contribution in [-0.4, -0.2) is 61.3 Å². The van der Waals surface area contributed by atoms with Crippen LogP contribution in [0.25, 0.3) is 0 Å². The zero-order valence-corrected chi connectivity index (χ0v) is 18.8. The summed E-state index contributed by atoms with van der Waals surface area (Å²) in [5.41, 5.74) is 0. The van der Waals surface area contributed by atoms with Crippen molar-refractivity contribution < 1.29 is 44.1 Å². The van der Waals surface area contributed by atoms with Crippen LogP contribution < -0.4 is 18.9 Å². The van der Waals surface area contributed by atoms with Crippen LogP contribution in [0.5, 0.6) is 23.0 Å². The minimum Gasteiger partial charge on any atom is -0.487 e. The highest BCUT2D eigenvalue weighted by molar-refractivity contribution is 7.75. The Labute approximate surface area is 191 Å². The summed E-state index contributed by atoms with van der Waals surface area (Å²) in [4.78, 5) is 0. The van der Waals surface area contributed by atoms with Crippen LogP contribution in [0.2, 0.25) is 0 Å². The molecule has 1 heterocycles. The van der Waals surface area contributed by atoms with E-state index in [0.717, 1.165) is 0 Å². The Morgan fingerprint density at radius 1 is 0.438 bits per heavy atom. The lowest BCUT2D eigenvalue weighted by Crippen LogP contribution is -2.15. The Bertz CT molecular complexity index is 741. The number of fused-ring (bicyclic) bond motifs is 2. The van der Waals surface area contributed by atoms with E-state index in [-0.39, 0.29) is 52.9 Å². The Hall–Kier alpha value is -2.22. The predicted molar refractivity (Wildman–Crippen MR) is 115 cm³/mol. The zero-order valence-electron chi connectivity index (χ0n) is 17.2. The summed E-state index contributed by atoms with van der Waals surface area (Å²) >= 11 is -3.88. The summed E-state index contributed by atoms with van der Waals surface area (Å²) in [6, 6.07) is 14.0. The standard InChI is InChI=1S/C20H24O10S2/c21-31-27-13-9-23-17-5-1-2-6-18(17)24-10-14-28-32(22)30-16-12-26-20-8-4-3-7-19(20)25-11-15-29-31/h1-8H,9-16H2. The molecule has 0 spiro atoms. The first-order valence-electron chi connectivity index (χ1n) is 9.78. The number of benzene rings is 2. The van der Waals surface area contributed by atoms with Crippen molar-refractivity contribution in [3.8, 4) is 23.0 Å². The number of para-hydroxylation sites is 4. The molecule has 10 nitrogen and oxygen atoms in total. The zero-order chi connectivity index (χ0) is 22.4. The number of hydrogen-bond donors (Lipinski definition) is 0. The first kappa shape index (κ1) is 24.4. The van der Waals surface area contributed by atoms with Crippen LogP contribution >= 0.6 is 0 Å². The molecule has 0 aliphatic carbocycles. The predicted octanol–water partition coefficient (Wildman–Crippen LogP) is 2.14. The van der Waals surface area contributed by atoms with Gasteiger partial charge in [-0.05, 0) is 24.3 Å². The van der Waals surface area contributed by atoms with Gasteiger partial charge in [-0.3, -0.25) is 16.7 Å². The Morgan fingerprint density at radius 2 is 0.688 bits per heavy atom. The van der Waals surface area contributed by atoms with Crippen LogP contribution in [0.3, 0.4) is 0 Å². The smallest absolute Gasteiger partial charge is 0.304 e. The van der Waals surface area contributed by atoms with Gasteiger partial charge >= 0.3 is 22.7 Å². The van der Waals surface area contributed by atoms with Gasteiger partial charge in [0.1, 0.15) is 52.9 Å². The largest absolute Gasteiger partial charge is 0.487 e. The lowest BCUT2D eigenvalue weighted by molar-refractivity contribution is 0.160. The highest BCUT2D eigenvalue weighted by Gasteiger charge is 2.09. The molecule has 0 saturated carbocycles. The minimum absolute atomic E-state index is 0.0396. The lowest BCUT2D eigenvalue weighted by atomic mass is 10.3. The fraction of sp³-hybridized carbons (Fsp3) is 0.400. The Balaban J connectivity index is 1.56. The van der Waals surface area contributed by atoms with E-state index in [1.807, 2.05) is 0 Å². The maximum Gasteiger partial charge on any atom is 0.304 e. The van der Waals surface area contributed by atoms with Crippen molar-refractivity contribution in [2.24, 2.45) is 0 Å². The second-order valence-corrected chi connectivity index (χ2v) is 7.74. The van der Waals surface area contributed by atoms with Crippen molar-refractivity contribution in [1.29, 1.82) is 0 Å². The van der Waals surface area contributed by atoms with Gasteiger partial charge in [-0.1, -0.05) is 24.3 Å². The summed E-state index contributed by atoms with van der Waals surface area (Å²) in [5, 5.41) is 0. The third-order valence-electron chi connectivity index (χ3n) is 3.78. The van der Waals surface area contributed by atoms with Crippen LogP contribution in [-0.2, 0) is 39.5 Å². The maximum atomic E-state index is 11.8. The summed E-state index contributed by atoms with van der Waals surface area (Å²) in [5.74, 6) is 1.91. The lowest BCUT2D eigenvalue weighted by Gasteiger charge is -2.14. The van der Waals surface area contributed by atoms with Crippen LogP contribution in [0.15, 0.2) is 48.5 Å². The van der Waals surface area contributed by atoms with E-state index < -0.39 is 22.7 Å². The summed E-state index contributed by atoms with van der Waals surface area (Å²) in [6.07, 6.45) is 0. The SMILES string of the molecule is O=S1OCCOc2ccccc2OCCOS(=O)OCCOc2ccccc2OCCO1. The van der Waals surface area contributed by atoms with Gasteiger partial charge in [-0.2, -0.15) is 8.42 Å². The van der Waals surface area contributed by atoms with E-state index in [1.165, 1.54) is 0 Å². The molecule has 1 aliphatic rings. The third-order valence-corrected chi connectivity index (χ3v) is 5.22. The number of hydrogen-bond acceptors (Lipinski definition) is 10. The second-order valence-electron chi connectivity index (χ2n) is 5.98. The molecule has 0 fully saturated rings. The first-order valence-corrected chi connectivity index (χ1v) is 11.8. The molecule has 2 aromatic rings. The molecule has 0 bridgehead atoms. The average Bonchev–Trinajstić information content (AvgIpc) is 2.81. The van der Waals surface area contributed by atoms with Crippen LogP contribution in [0, 0.1) is 0 Å². The normalized spacial score (nSPS) is 22.1. The number of ether oxygens (including phenoxy) is 4. The topological polar surface area (TPSA) is 108 Å². The van der Waals surface area contributed by atoms with Crippen molar-refractivity contribution in [3.05, 3.63) is 48.5 Å². The van der Waals surface area contributed by atoms with E-state index >= 15 is 0 Å². The molecule has 1 aliphatic heterocycles. The molecular weight excluding hydrogens is 464 g/mol. The van der Waals surface area contributed by atoms with Gasteiger partial charge < -0.3 is 18.9 Å². The quantitative estimate of drug-likeness (QED) is 0.547. The van der Waals surface area contributed by atoms with Gasteiger partial charge in [0, 0.05) is 0 Å². The molecular formula is C20H24O10S2. The van der Waals surface area contributed by atoms with Crippen molar-refractivity contribution >= 4 is 22.7 Å². The maximum absolute atomic E-state index is 11.8. The van der Waals surface area contributed by atoms with Gasteiger partial charge in [0.2, 0.25) is 0 Å². The van der Waals surface area contributed by atoms with Gasteiger partial charge in [0.05, 0.1) is 0 Å². The molecule has 0 radical (unpaired) electrons. The van der Waals surface area contributed by atoms with Gasteiger partial charge in [0.25, 0.3) is 0 Å². The monoisotopic (exact) mass is 488 g/mol. The van der Waals surface area contributed by atoms with Crippen LogP contribution in [0.1, 0.15) is 0 Å². The molecule has 0 aromatic heterocycles. The van der Waals surface area contributed by atoms with Crippen molar-refractivity contribution in [2.75, 3.05) is 52.9 Å². The average molecular weight is 489 g/mol. The summed E-state index contributed by atoms with van der Waals surface area (Å²) in [6.45, 7) is 0.678. The molecule has 3 rings (SSSR count). The molecule has 32 heavy (non-hydrogen) atoms. The van der Waals surface area contributed by atoms with Gasteiger partial charge in [-0.15, -0.1) is 0 Å². The van der Waals surface area contributed by atoms with Crippen LogP contribution in [0.4, 0.5) is 0 Å². The van der Waals surface area contributed by atoms with E-state index in [2.05, 4.69) is 0 Å². The molecule has 0 amide bonds. The van der Waals surface area contributed by atoms with E-state index in [1.54, 1.807) is 48.5 Å². The number of rotatable bonds is 0. The van der Waals surface area contributed by atoms with E-state index in [9.17, 15) is 8.42 Å². The fourth-order valence-corrected chi connectivity index (χ4v) is 3.41.